The zero-order chi connectivity index (χ0) is 24.7. The van der Waals surface area contributed by atoms with Crippen molar-refractivity contribution >= 4 is 11.6 Å². The molecule has 3 N–H and O–H groups in total. The lowest BCUT2D eigenvalue weighted by Crippen LogP contribution is -2.42. The van der Waals surface area contributed by atoms with Crippen LogP contribution < -0.4 is 16.0 Å². The first-order valence-corrected chi connectivity index (χ1v) is 12.9. The van der Waals surface area contributed by atoms with Gasteiger partial charge in [-0.15, -0.1) is 0 Å². The van der Waals surface area contributed by atoms with Gasteiger partial charge in [-0.2, -0.15) is 0 Å². The minimum atomic E-state index is -0.330. The van der Waals surface area contributed by atoms with Gasteiger partial charge in [-0.1, -0.05) is 6.92 Å². The van der Waals surface area contributed by atoms with Crippen molar-refractivity contribution in [2.45, 2.75) is 70.5 Å². The summed E-state index contributed by atoms with van der Waals surface area (Å²) in [6.07, 6.45) is 9.41. The van der Waals surface area contributed by atoms with Crippen LogP contribution in [0.5, 0.6) is 0 Å². The van der Waals surface area contributed by atoms with Crippen molar-refractivity contribution in [3.63, 3.8) is 0 Å². The number of rotatable bonds is 10. The Hall–Kier alpha value is -2.29. The molecule has 2 aromatic rings. The van der Waals surface area contributed by atoms with Crippen LogP contribution in [0.2, 0.25) is 0 Å². The molecule has 35 heavy (non-hydrogen) atoms. The Balaban J connectivity index is 1.36. The zero-order valence-corrected chi connectivity index (χ0v) is 21.3. The highest BCUT2D eigenvalue weighted by molar-refractivity contribution is 5.69. The van der Waals surface area contributed by atoms with Crippen molar-refractivity contribution in [3.05, 3.63) is 36.4 Å². The fourth-order valence-electron chi connectivity index (χ4n) is 5.09. The van der Waals surface area contributed by atoms with E-state index in [9.17, 15) is 4.39 Å². The van der Waals surface area contributed by atoms with Gasteiger partial charge < -0.3 is 25.4 Å². The maximum atomic E-state index is 14.8. The van der Waals surface area contributed by atoms with Crippen molar-refractivity contribution in [2.24, 2.45) is 5.41 Å². The number of hydrogen-bond donors (Lipinski definition) is 3. The van der Waals surface area contributed by atoms with Crippen LogP contribution in [0.4, 0.5) is 16.0 Å². The molecule has 1 aliphatic carbocycles. The molecule has 0 bridgehead atoms. The van der Waals surface area contributed by atoms with Gasteiger partial charge in [0.2, 0.25) is 0 Å². The molecule has 0 radical (unpaired) electrons. The quantitative estimate of drug-likeness (QED) is 0.443. The van der Waals surface area contributed by atoms with Crippen LogP contribution >= 0.6 is 0 Å². The fourth-order valence-corrected chi connectivity index (χ4v) is 5.09. The molecule has 2 aromatic heterocycles. The van der Waals surface area contributed by atoms with Gasteiger partial charge in [-0.25, -0.2) is 14.4 Å². The van der Waals surface area contributed by atoms with Gasteiger partial charge in [0, 0.05) is 56.8 Å². The van der Waals surface area contributed by atoms with E-state index < -0.39 is 0 Å². The van der Waals surface area contributed by atoms with Gasteiger partial charge >= 0.3 is 0 Å². The third-order valence-electron chi connectivity index (χ3n) is 7.34. The highest BCUT2D eigenvalue weighted by Crippen LogP contribution is 2.31. The lowest BCUT2D eigenvalue weighted by atomic mass is 9.82. The maximum Gasteiger partial charge on any atom is 0.149 e. The van der Waals surface area contributed by atoms with Crippen molar-refractivity contribution in [3.8, 4) is 11.1 Å². The molecule has 1 saturated carbocycles. The zero-order valence-electron chi connectivity index (χ0n) is 21.3. The van der Waals surface area contributed by atoms with Crippen LogP contribution in [-0.2, 0) is 9.47 Å². The summed E-state index contributed by atoms with van der Waals surface area (Å²) in [5.41, 5.74) is 1.52. The average Bonchev–Trinajstić information content (AvgIpc) is 2.86. The topological polar surface area (TPSA) is 80.3 Å². The van der Waals surface area contributed by atoms with E-state index in [1.54, 1.807) is 13.3 Å². The van der Waals surface area contributed by atoms with E-state index >= 15 is 0 Å². The van der Waals surface area contributed by atoms with E-state index in [4.69, 9.17) is 9.47 Å². The van der Waals surface area contributed by atoms with Gasteiger partial charge in [-0.3, -0.25) is 0 Å². The Morgan fingerprint density at radius 3 is 2.60 bits per heavy atom. The maximum absolute atomic E-state index is 14.8. The lowest BCUT2D eigenvalue weighted by Gasteiger charge is -2.33. The number of hydrogen-bond acceptors (Lipinski definition) is 7. The molecule has 1 atom stereocenters. The van der Waals surface area contributed by atoms with Crippen LogP contribution in [-0.4, -0.2) is 61.6 Å². The molecule has 7 nitrogen and oxygen atoms in total. The van der Waals surface area contributed by atoms with E-state index in [-0.39, 0.29) is 11.2 Å². The second kappa shape index (κ2) is 12.1. The molecule has 0 amide bonds. The molecule has 3 heterocycles. The minimum Gasteiger partial charge on any atom is -0.383 e. The Morgan fingerprint density at radius 2 is 1.86 bits per heavy atom. The molecule has 4 rings (SSSR count). The van der Waals surface area contributed by atoms with Gasteiger partial charge in [0.15, 0.2) is 0 Å². The molecular formula is C27H40FN5O2. The molecule has 0 unspecified atom stereocenters. The number of nitrogens with one attached hydrogen (secondary N) is 3. The summed E-state index contributed by atoms with van der Waals surface area (Å²) in [5.74, 6) is 1.14. The van der Waals surface area contributed by atoms with Crippen LogP contribution in [0.1, 0.15) is 52.4 Å². The summed E-state index contributed by atoms with van der Waals surface area (Å²) in [6.45, 7) is 7.57. The summed E-state index contributed by atoms with van der Waals surface area (Å²) in [5, 5.41) is 10.6. The van der Waals surface area contributed by atoms with Gasteiger partial charge in [0.1, 0.15) is 17.5 Å². The Morgan fingerprint density at radius 1 is 1.11 bits per heavy atom. The number of pyridine rings is 2. The molecule has 0 spiro atoms. The largest absolute Gasteiger partial charge is 0.383 e. The number of anilines is 2. The molecule has 2 fully saturated rings. The molecular weight excluding hydrogens is 445 g/mol. The standard InChI is InChI=1S/C27H40FN5O2/c1-19(17-34-3)32-21-4-6-22(7-5-21)33-26-15-23(24(28)16-30-26)20-8-11-29-25(14-20)31-18-27(2)9-12-35-13-10-27/h8,11,14-16,19,21-22,32H,4-7,9-10,12-13,17-18H2,1-3H3,(H,29,31)(H,30,33)/t19-,21?,22?/m0/s1. The average molecular weight is 486 g/mol. The SMILES string of the molecule is COC[C@H](C)NC1CCC(Nc2cc(-c3ccnc(NCC4(C)CCOCC4)c3)c(F)cn2)CC1. The van der Waals surface area contributed by atoms with Crippen molar-refractivity contribution in [1.29, 1.82) is 0 Å². The lowest BCUT2D eigenvalue weighted by molar-refractivity contribution is 0.0300. The fraction of sp³-hybridized carbons (Fsp3) is 0.630. The molecule has 8 heteroatoms. The van der Waals surface area contributed by atoms with Gasteiger partial charge in [0.05, 0.1) is 12.8 Å². The van der Waals surface area contributed by atoms with E-state index in [0.29, 0.717) is 29.5 Å². The monoisotopic (exact) mass is 485 g/mol. The third kappa shape index (κ3) is 7.35. The third-order valence-corrected chi connectivity index (χ3v) is 7.34. The van der Waals surface area contributed by atoms with E-state index in [2.05, 4.69) is 39.8 Å². The first-order valence-electron chi connectivity index (χ1n) is 12.9. The van der Waals surface area contributed by atoms with E-state index in [0.717, 1.165) is 76.3 Å². The highest BCUT2D eigenvalue weighted by Gasteiger charge is 2.27. The van der Waals surface area contributed by atoms with Crippen LogP contribution in [0, 0.1) is 11.2 Å². The molecule has 1 aliphatic heterocycles. The highest BCUT2D eigenvalue weighted by atomic mass is 19.1. The number of ether oxygens (including phenoxy) is 2. The normalized spacial score (nSPS) is 23.0. The van der Waals surface area contributed by atoms with E-state index in [1.165, 1.54) is 6.20 Å². The first kappa shape index (κ1) is 25.8. The smallest absolute Gasteiger partial charge is 0.149 e. The first-order chi connectivity index (χ1) is 16.9. The number of nitrogens with zero attached hydrogens (tertiary/aromatic N) is 2. The Bertz CT molecular complexity index is 945. The Labute approximate surface area is 208 Å². The number of aromatic nitrogens is 2. The second-order valence-corrected chi connectivity index (χ2v) is 10.5. The van der Waals surface area contributed by atoms with Crippen molar-refractivity contribution in [2.75, 3.05) is 44.1 Å². The summed E-state index contributed by atoms with van der Waals surface area (Å²) in [6, 6.07) is 6.80. The number of halogens is 1. The summed E-state index contributed by atoms with van der Waals surface area (Å²) in [4.78, 5) is 8.77. The summed E-state index contributed by atoms with van der Waals surface area (Å²) >= 11 is 0. The Kier molecular flexibility index (Phi) is 8.92. The predicted molar refractivity (Wildman–Crippen MR) is 138 cm³/mol. The number of methoxy groups -OCH3 is 1. The minimum absolute atomic E-state index is 0.186. The van der Waals surface area contributed by atoms with E-state index in [1.807, 2.05) is 18.2 Å². The molecule has 2 aliphatic rings. The second-order valence-electron chi connectivity index (χ2n) is 10.5. The predicted octanol–water partition coefficient (Wildman–Crippen LogP) is 4.86. The van der Waals surface area contributed by atoms with Crippen LogP contribution in [0.25, 0.3) is 11.1 Å². The summed E-state index contributed by atoms with van der Waals surface area (Å²) in [7, 11) is 1.74. The molecule has 192 valence electrons. The van der Waals surface area contributed by atoms with Gasteiger partial charge in [0.25, 0.3) is 0 Å². The molecule has 1 saturated heterocycles. The summed E-state index contributed by atoms with van der Waals surface area (Å²) < 4.78 is 25.5. The van der Waals surface area contributed by atoms with Crippen molar-refractivity contribution < 1.29 is 13.9 Å². The van der Waals surface area contributed by atoms with Crippen LogP contribution in [0.3, 0.4) is 0 Å². The van der Waals surface area contributed by atoms with Crippen LogP contribution in [0.15, 0.2) is 30.6 Å². The van der Waals surface area contributed by atoms with Crippen molar-refractivity contribution in [1.82, 2.24) is 15.3 Å². The molecule has 0 aromatic carbocycles. The van der Waals surface area contributed by atoms with Gasteiger partial charge in [-0.05, 0) is 74.6 Å².